The van der Waals surface area contributed by atoms with Gasteiger partial charge >= 0.3 is 6.03 Å². The van der Waals surface area contributed by atoms with Crippen LogP contribution < -0.4 is 11.1 Å². The standard InChI is InChI=1S/C22H29N5O5/c1-13-6-7-15-16(17(18(23)28)32-19(15)24-13)25-21(30)26-8-4-5-14(11-26)20(29)27-9-10-31-12-22(27,2)3/h6-7,14H,4-5,8-12H2,1-3H3,(H2,23,28)(H,25,30)/t14-/m1/s1. The lowest BCUT2D eigenvalue weighted by Crippen LogP contribution is -2.58. The van der Waals surface area contributed by atoms with Gasteiger partial charge in [-0.2, -0.15) is 0 Å². The largest absolute Gasteiger partial charge is 0.430 e. The Morgan fingerprint density at radius 1 is 1.25 bits per heavy atom. The Bertz CT molecular complexity index is 1060. The fraction of sp³-hybridized carbons (Fsp3) is 0.545. The van der Waals surface area contributed by atoms with Crippen LogP contribution in [0.2, 0.25) is 0 Å². The zero-order chi connectivity index (χ0) is 23.0. The van der Waals surface area contributed by atoms with Crippen molar-refractivity contribution in [1.82, 2.24) is 14.8 Å². The first-order valence-corrected chi connectivity index (χ1v) is 10.8. The molecule has 0 bridgehead atoms. The molecule has 1 atom stereocenters. The fourth-order valence-electron chi connectivity index (χ4n) is 4.40. The first kappa shape index (κ1) is 22.1. The minimum Gasteiger partial charge on any atom is -0.430 e. The van der Waals surface area contributed by atoms with Crippen molar-refractivity contribution in [2.24, 2.45) is 11.7 Å². The Labute approximate surface area is 186 Å². The van der Waals surface area contributed by atoms with Crippen LogP contribution >= 0.6 is 0 Å². The topological polar surface area (TPSA) is 131 Å². The van der Waals surface area contributed by atoms with Gasteiger partial charge in [-0.25, -0.2) is 9.78 Å². The summed E-state index contributed by atoms with van der Waals surface area (Å²) < 4.78 is 11.0. The number of piperidine rings is 1. The zero-order valence-electron chi connectivity index (χ0n) is 18.6. The maximum absolute atomic E-state index is 13.2. The second-order valence-corrected chi connectivity index (χ2v) is 9.05. The number of rotatable bonds is 3. The van der Waals surface area contributed by atoms with Gasteiger partial charge in [0.05, 0.1) is 30.1 Å². The molecule has 2 saturated heterocycles. The first-order valence-electron chi connectivity index (χ1n) is 10.8. The number of fused-ring (bicyclic) bond motifs is 1. The molecule has 3 N–H and O–H groups in total. The molecule has 2 aliphatic heterocycles. The van der Waals surface area contributed by atoms with E-state index in [1.165, 1.54) is 0 Å². The van der Waals surface area contributed by atoms with E-state index in [4.69, 9.17) is 14.9 Å². The van der Waals surface area contributed by atoms with Gasteiger partial charge in [0, 0.05) is 25.3 Å². The summed E-state index contributed by atoms with van der Waals surface area (Å²) in [6, 6.07) is 3.08. The predicted octanol–water partition coefficient (Wildman–Crippen LogP) is 2.12. The lowest BCUT2D eigenvalue weighted by Gasteiger charge is -2.45. The number of pyridine rings is 1. The van der Waals surface area contributed by atoms with Crippen LogP contribution in [0.1, 0.15) is 42.9 Å². The summed E-state index contributed by atoms with van der Waals surface area (Å²) >= 11 is 0. The van der Waals surface area contributed by atoms with Crippen LogP contribution in [-0.4, -0.2) is 71.0 Å². The normalized spacial score (nSPS) is 20.9. The number of anilines is 1. The molecule has 4 heterocycles. The number of carbonyl (C=O) groups excluding carboxylic acids is 3. The molecule has 0 aromatic carbocycles. The number of hydrogen-bond donors (Lipinski definition) is 2. The highest BCUT2D eigenvalue weighted by Gasteiger charge is 2.39. The summed E-state index contributed by atoms with van der Waals surface area (Å²) in [6.07, 6.45) is 1.44. The maximum atomic E-state index is 13.2. The summed E-state index contributed by atoms with van der Waals surface area (Å²) in [6.45, 7) is 8.15. The number of aromatic nitrogens is 1. The number of likely N-dealkylation sites (tertiary alicyclic amines) is 1. The minimum atomic E-state index is -0.794. The van der Waals surface area contributed by atoms with Crippen molar-refractivity contribution in [3.05, 3.63) is 23.6 Å². The molecule has 32 heavy (non-hydrogen) atoms. The Morgan fingerprint density at radius 2 is 2.03 bits per heavy atom. The van der Waals surface area contributed by atoms with Crippen molar-refractivity contribution in [2.45, 2.75) is 39.2 Å². The van der Waals surface area contributed by atoms with Crippen molar-refractivity contribution in [2.75, 3.05) is 38.2 Å². The van der Waals surface area contributed by atoms with Crippen LogP contribution in [0.4, 0.5) is 10.5 Å². The number of nitrogens with two attached hydrogens (primary N) is 1. The summed E-state index contributed by atoms with van der Waals surface area (Å²) in [7, 11) is 0. The van der Waals surface area contributed by atoms with Crippen LogP contribution in [-0.2, 0) is 9.53 Å². The van der Waals surface area contributed by atoms with E-state index in [0.717, 1.165) is 6.42 Å². The van der Waals surface area contributed by atoms with Gasteiger partial charge in [0.25, 0.3) is 5.91 Å². The highest BCUT2D eigenvalue weighted by Crippen LogP contribution is 2.31. The molecule has 10 heteroatoms. The van der Waals surface area contributed by atoms with E-state index in [1.807, 2.05) is 18.7 Å². The van der Waals surface area contributed by atoms with Crippen LogP contribution in [0.25, 0.3) is 11.1 Å². The van der Waals surface area contributed by atoms with Crippen LogP contribution in [0, 0.1) is 12.8 Å². The van der Waals surface area contributed by atoms with E-state index in [0.29, 0.717) is 50.3 Å². The van der Waals surface area contributed by atoms with Gasteiger partial charge in [-0.1, -0.05) is 0 Å². The van der Waals surface area contributed by atoms with E-state index in [2.05, 4.69) is 10.3 Å². The van der Waals surface area contributed by atoms with Gasteiger partial charge in [-0.3, -0.25) is 9.59 Å². The monoisotopic (exact) mass is 443 g/mol. The van der Waals surface area contributed by atoms with Crippen molar-refractivity contribution in [3.8, 4) is 0 Å². The second kappa shape index (κ2) is 8.42. The summed E-state index contributed by atoms with van der Waals surface area (Å²) in [5, 5.41) is 3.26. The van der Waals surface area contributed by atoms with Crippen molar-refractivity contribution in [3.63, 3.8) is 0 Å². The first-order chi connectivity index (χ1) is 15.2. The van der Waals surface area contributed by atoms with Crippen molar-refractivity contribution < 1.29 is 23.5 Å². The molecule has 0 saturated carbocycles. The molecule has 4 amide bonds. The van der Waals surface area contributed by atoms with Gasteiger partial charge in [0.15, 0.2) is 0 Å². The van der Waals surface area contributed by atoms with E-state index < -0.39 is 11.9 Å². The van der Waals surface area contributed by atoms with Gasteiger partial charge in [0.1, 0.15) is 5.69 Å². The third-order valence-electron chi connectivity index (χ3n) is 6.12. The third-order valence-corrected chi connectivity index (χ3v) is 6.12. The molecule has 10 nitrogen and oxygen atoms in total. The average Bonchev–Trinajstić information content (AvgIpc) is 3.10. The second-order valence-electron chi connectivity index (χ2n) is 9.05. The molecule has 2 fully saturated rings. The highest BCUT2D eigenvalue weighted by molar-refractivity contribution is 6.09. The summed E-state index contributed by atoms with van der Waals surface area (Å²) in [5.41, 5.74) is 6.22. The van der Waals surface area contributed by atoms with Crippen LogP contribution in [0.15, 0.2) is 16.5 Å². The number of urea groups is 1. The SMILES string of the molecule is Cc1ccc2c(NC(=O)N3CCC[C@@H](C(=O)N4CCOCC4(C)C)C3)c(C(N)=O)oc2n1. The molecule has 2 aromatic rings. The van der Waals surface area contributed by atoms with Crippen LogP contribution in [0.3, 0.4) is 0 Å². The van der Waals surface area contributed by atoms with E-state index in [1.54, 1.807) is 24.0 Å². The van der Waals surface area contributed by atoms with Crippen molar-refractivity contribution in [1.29, 1.82) is 0 Å². The number of nitrogens with zero attached hydrogens (tertiary/aromatic N) is 3. The zero-order valence-corrected chi connectivity index (χ0v) is 18.6. The van der Waals surface area contributed by atoms with Crippen LogP contribution in [0.5, 0.6) is 0 Å². The number of hydrogen-bond acceptors (Lipinski definition) is 6. The Balaban J connectivity index is 1.51. The molecule has 2 aliphatic rings. The smallest absolute Gasteiger partial charge is 0.321 e. The molecular formula is C22H29N5O5. The number of amides is 4. The highest BCUT2D eigenvalue weighted by atomic mass is 16.5. The Morgan fingerprint density at radius 3 is 2.75 bits per heavy atom. The molecule has 4 rings (SSSR count). The van der Waals surface area contributed by atoms with Gasteiger partial charge < -0.3 is 30.0 Å². The lowest BCUT2D eigenvalue weighted by atomic mass is 9.93. The number of primary amides is 1. The molecule has 172 valence electrons. The Hall–Kier alpha value is -3.14. The number of carbonyl (C=O) groups is 3. The number of ether oxygens (including phenoxy) is 1. The van der Waals surface area contributed by atoms with E-state index in [-0.39, 0.29) is 34.5 Å². The average molecular weight is 444 g/mol. The number of furan rings is 1. The van der Waals surface area contributed by atoms with Gasteiger partial charge in [-0.15, -0.1) is 0 Å². The maximum Gasteiger partial charge on any atom is 0.321 e. The minimum absolute atomic E-state index is 0.0436. The number of nitrogens with one attached hydrogen (secondary N) is 1. The fourth-order valence-corrected chi connectivity index (χ4v) is 4.40. The van der Waals surface area contributed by atoms with Gasteiger partial charge in [-0.05, 0) is 45.7 Å². The van der Waals surface area contributed by atoms with E-state index in [9.17, 15) is 14.4 Å². The lowest BCUT2D eigenvalue weighted by molar-refractivity contribution is -0.152. The van der Waals surface area contributed by atoms with Crippen molar-refractivity contribution >= 4 is 34.6 Å². The molecule has 0 aliphatic carbocycles. The number of morpholine rings is 1. The molecular weight excluding hydrogens is 414 g/mol. The number of aryl methyl sites for hydroxylation is 1. The summed E-state index contributed by atoms with van der Waals surface area (Å²) in [4.78, 5) is 45.9. The molecule has 2 aromatic heterocycles. The molecule has 0 unspecified atom stereocenters. The Kier molecular flexibility index (Phi) is 5.81. The van der Waals surface area contributed by atoms with Gasteiger partial charge in [0.2, 0.25) is 17.4 Å². The quantitative estimate of drug-likeness (QED) is 0.747. The van der Waals surface area contributed by atoms with E-state index >= 15 is 0 Å². The third kappa shape index (κ3) is 4.14. The summed E-state index contributed by atoms with van der Waals surface area (Å²) in [5.74, 6) is -1.18. The predicted molar refractivity (Wildman–Crippen MR) is 117 cm³/mol. The molecule has 0 radical (unpaired) electrons. The molecule has 0 spiro atoms.